The van der Waals surface area contributed by atoms with Crippen LogP contribution >= 0.6 is 11.3 Å². The highest BCUT2D eigenvalue weighted by atomic mass is 32.2. The second kappa shape index (κ2) is 7.79. The topological polar surface area (TPSA) is 104 Å². The lowest BCUT2D eigenvalue weighted by atomic mass is 10.1. The molecule has 0 radical (unpaired) electrons. The second-order valence-electron chi connectivity index (χ2n) is 5.40. The molecule has 0 fully saturated rings. The fourth-order valence-corrected chi connectivity index (χ4v) is 3.75. The molecule has 0 aliphatic rings. The van der Waals surface area contributed by atoms with E-state index in [-0.39, 0.29) is 21.9 Å². The number of benzene rings is 1. The molecule has 130 valence electrons. The molecule has 0 saturated heterocycles. The summed E-state index contributed by atoms with van der Waals surface area (Å²) in [6, 6.07) is 7.06. The summed E-state index contributed by atoms with van der Waals surface area (Å²) in [5.41, 5.74) is 1.42. The highest BCUT2D eigenvalue weighted by Crippen LogP contribution is 2.20. The van der Waals surface area contributed by atoms with Crippen LogP contribution in [-0.2, 0) is 10.0 Å². The Hall–Kier alpha value is -1.88. The van der Waals surface area contributed by atoms with Crippen LogP contribution in [0.4, 0.5) is 5.13 Å². The zero-order valence-corrected chi connectivity index (χ0v) is 15.2. The average Bonchev–Trinajstić information content (AvgIpc) is 2.96. The SMILES string of the molecule is Cc1cccc(C(=O)Nc2nnc(S(=O)(=O)NCCN(C)C)s2)c1. The molecule has 0 atom stereocenters. The zero-order valence-electron chi connectivity index (χ0n) is 13.6. The number of hydrogen-bond donors (Lipinski definition) is 2. The van der Waals surface area contributed by atoms with Gasteiger partial charge in [-0.25, -0.2) is 13.1 Å². The van der Waals surface area contributed by atoms with Crippen molar-refractivity contribution in [2.75, 3.05) is 32.5 Å². The first-order valence-electron chi connectivity index (χ1n) is 7.14. The summed E-state index contributed by atoms with van der Waals surface area (Å²) >= 11 is 0.808. The number of amides is 1. The third-order valence-corrected chi connectivity index (χ3v) is 5.66. The Morgan fingerprint density at radius 3 is 2.71 bits per heavy atom. The van der Waals surface area contributed by atoms with Crippen molar-refractivity contribution >= 4 is 32.4 Å². The zero-order chi connectivity index (χ0) is 17.7. The molecule has 0 aliphatic heterocycles. The van der Waals surface area contributed by atoms with Crippen molar-refractivity contribution in [1.29, 1.82) is 0 Å². The number of aryl methyl sites for hydroxylation is 1. The molecule has 2 aromatic rings. The van der Waals surface area contributed by atoms with Gasteiger partial charge in [-0.05, 0) is 33.2 Å². The smallest absolute Gasteiger partial charge is 0.269 e. The number of anilines is 1. The van der Waals surface area contributed by atoms with Crippen LogP contribution in [0.3, 0.4) is 0 Å². The van der Waals surface area contributed by atoms with Gasteiger partial charge in [-0.15, -0.1) is 10.2 Å². The van der Waals surface area contributed by atoms with Gasteiger partial charge in [-0.2, -0.15) is 0 Å². The predicted octanol–water partition coefficient (Wildman–Crippen LogP) is 0.939. The van der Waals surface area contributed by atoms with Gasteiger partial charge < -0.3 is 4.90 Å². The van der Waals surface area contributed by atoms with E-state index in [4.69, 9.17) is 0 Å². The largest absolute Gasteiger partial charge is 0.308 e. The molecule has 0 unspecified atom stereocenters. The molecule has 2 N–H and O–H groups in total. The molecule has 10 heteroatoms. The molecule has 8 nitrogen and oxygen atoms in total. The first-order valence-corrected chi connectivity index (χ1v) is 9.44. The number of likely N-dealkylation sites (N-methyl/N-ethyl adjacent to an activating group) is 1. The maximum absolute atomic E-state index is 12.1. The van der Waals surface area contributed by atoms with Gasteiger partial charge in [0, 0.05) is 18.7 Å². The van der Waals surface area contributed by atoms with E-state index < -0.39 is 10.0 Å². The van der Waals surface area contributed by atoms with Gasteiger partial charge in [0.05, 0.1) is 0 Å². The molecule has 0 saturated carbocycles. The Labute approximate surface area is 145 Å². The van der Waals surface area contributed by atoms with Crippen molar-refractivity contribution in [1.82, 2.24) is 19.8 Å². The molecule has 24 heavy (non-hydrogen) atoms. The van der Waals surface area contributed by atoms with Crippen molar-refractivity contribution in [2.45, 2.75) is 11.3 Å². The minimum atomic E-state index is -3.73. The second-order valence-corrected chi connectivity index (χ2v) is 8.32. The third kappa shape index (κ3) is 5.06. The fourth-order valence-electron chi connectivity index (χ4n) is 1.79. The van der Waals surface area contributed by atoms with Gasteiger partial charge in [-0.3, -0.25) is 10.1 Å². The first kappa shape index (κ1) is 18.5. The van der Waals surface area contributed by atoms with E-state index in [2.05, 4.69) is 20.2 Å². The van der Waals surface area contributed by atoms with Crippen LogP contribution in [0.1, 0.15) is 15.9 Å². The van der Waals surface area contributed by atoms with E-state index in [9.17, 15) is 13.2 Å². The van der Waals surface area contributed by atoms with E-state index in [1.165, 1.54) is 0 Å². The van der Waals surface area contributed by atoms with Gasteiger partial charge in [0.15, 0.2) is 0 Å². The summed E-state index contributed by atoms with van der Waals surface area (Å²) in [5.74, 6) is -0.362. The van der Waals surface area contributed by atoms with Gasteiger partial charge in [-0.1, -0.05) is 29.0 Å². The molecule has 2 rings (SSSR count). The molecular weight excluding hydrogens is 350 g/mol. The van der Waals surface area contributed by atoms with Gasteiger partial charge in [0.2, 0.25) is 9.47 Å². The molecule has 1 amide bonds. The fraction of sp³-hybridized carbons (Fsp3) is 0.357. The summed E-state index contributed by atoms with van der Waals surface area (Å²) in [6.45, 7) is 2.71. The van der Waals surface area contributed by atoms with Crippen LogP contribution < -0.4 is 10.0 Å². The van der Waals surface area contributed by atoms with Crippen LogP contribution in [-0.4, -0.2) is 56.6 Å². The minimum absolute atomic E-state index is 0.134. The standard InChI is InChI=1S/C14H19N5O3S2/c1-10-5-4-6-11(9-10)12(20)16-13-17-18-14(23-13)24(21,22)15-7-8-19(2)3/h4-6,9,15H,7-8H2,1-3H3,(H,16,17,20). The molecule has 1 heterocycles. The number of nitrogens with one attached hydrogen (secondary N) is 2. The van der Waals surface area contributed by atoms with Crippen LogP contribution in [0.25, 0.3) is 0 Å². The molecule has 0 bridgehead atoms. The summed E-state index contributed by atoms with van der Waals surface area (Å²) in [6.07, 6.45) is 0. The molecule has 0 spiro atoms. The van der Waals surface area contributed by atoms with Gasteiger partial charge >= 0.3 is 0 Å². The quantitative estimate of drug-likeness (QED) is 0.704. The van der Waals surface area contributed by atoms with E-state index >= 15 is 0 Å². The number of nitrogens with zero attached hydrogens (tertiary/aromatic N) is 3. The molecule has 0 aliphatic carbocycles. The maximum Gasteiger partial charge on any atom is 0.269 e. The molecule has 1 aromatic heterocycles. The van der Waals surface area contributed by atoms with Crippen LogP contribution in [0.15, 0.2) is 28.6 Å². The van der Waals surface area contributed by atoms with Crippen molar-refractivity contribution in [3.8, 4) is 0 Å². The lowest BCUT2D eigenvalue weighted by Crippen LogP contribution is -2.31. The number of hydrogen-bond acceptors (Lipinski definition) is 7. The summed E-state index contributed by atoms with van der Waals surface area (Å²) in [4.78, 5) is 14.0. The van der Waals surface area contributed by atoms with Crippen LogP contribution in [0, 0.1) is 6.92 Å². The van der Waals surface area contributed by atoms with Crippen LogP contribution in [0.2, 0.25) is 0 Å². The predicted molar refractivity (Wildman–Crippen MR) is 92.8 cm³/mol. The van der Waals surface area contributed by atoms with Crippen molar-refractivity contribution < 1.29 is 13.2 Å². The normalized spacial score (nSPS) is 11.7. The van der Waals surface area contributed by atoms with Crippen molar-refractivity contribution in [2.24, 2.45) is 0 Å². The van der Waals surface area contributed by atoms with Crippen molar-refractivity contribution in [3.63, 3.8) is 0 Å². The van der Waals surface area contributed by atoms with Gasteiger partial charge in [0.1, 0.15) is 0 Å². The van der Waals surface area contributed by atoms with Crippen LogP contribution in [0.5, 0.6) is 0 Å². The number of carbonyl (C=O) groups is 1. The number of carbonyl (C=O) groups excluding carboxylic acids is 1. The number of rotatable bonds is 7. The lowest BCUT2D eigenvalue weighted by molar-refractivity contribution is 0.102. The Kier molecular flexibility index (Phi) is 5.99. The van der Waals surface area contributed by atoms with E-state index in [0.717, 1.165) is 16.9 Å². The summed E-state index contributed by atoms with van der Waals surface area (Å²) < 4.78 is 26.4. The maximum atomic E-state index is 12.1. The van der Waals surface area contributed by atoms with Gasteiger partial charge in [0.25, 0.3) is 15.9 Å². The van der Waals surface area contributed by atoms with E-state index in [0.29, 0.717) is 12.1 Å². The van der Waals surface area contributed by atoms with E-state index in [1.807, 2.05) is 32.0 Å². The lowest BCUT2D eigenvalue weighted by Gasteiger charge is -2.09. The molecular formula is C14H19N5O3S2. The Morgan fingerprint density at radius 1 is 1.29 bits per heavy atom. The highest BCUT2D eigenvalue weighted by molar-refractivity contribution is 7.91. The Bertz CT molecular complexity index is 817. The van der Waals surface area contributed by atoms with E-state index in [1.54, 1.807) is 18.2 Å². The number of sulfonamides is 1. The highest BCUT2D eigenvalue weighted by Gasteiger charge is 2.20. The Balaban J connectivity index is 2.03. The monoisotopic (exact) mass is 369 g/mol. The average molecular weight is 369 g/mol. The third-order valence-electron chi connectivity index (χ3n) is 2.99. The first-order chi connectivity index (χ1) is 11.3. The van der Waals surface area contributed by atoms with Crippen molar-refractivity contribution in [3.05, 3.63) is 35.4 Å². The summed E-state index contributed by atoms with van der Waals surface area (Å²) in [7, 11) is -0.0345. The minimum Gasteiger partial charge on any atom is -0.308 e. The molecule has 1 aromatic carbocycles. The number of aromatic nitrogens is 2. The Morgan fingerprint density at radius 2 is 2.04 bits per heavy atom. The summed E-state index contributed by atoms with van der Waals surface area (Å²) in [5, 5.41) is 10.1.